The minimum absolute atomic E-state index is 0.393. The minimum Gasteiger partial charge on any atom is -0.381 e. The van der Waals surface area contributed by atoms with Crippen molar-refractivity contribution in [2.45, 2.75) is 25.8 Å². The molecule has 16 heavy (non-hydrogen) atoms. The molecule has 1 aromatic heterocycles. The van der Waals surface area contributed by atoms with Crippen LogP contribution in [0.3, 0.4) is 0 Å². The maximum Gasteiger partial charge on any atom is 0.0506 e. The molecule has 3 heteroatoms. The van der Waals surface area contributed by atoms with Crippen LogP contribution in [0, 0.1) is 5.92 Å². The van der Waals surface area contributed by atoms with Crippen molar-refractivity contribution in [1.82, 2.24) is 10.3 Å². The van der Waals surface area contributed by atoms with Crippen molar-refractivity contribution < 1.29 is 4.74 Å². The van der Waals surface area contributed by atoms with Crippen LogP contribution < -0.4 is 5.32 Å². The summed E-state index contributed by atoms with van der Waals surface area (Å²) in [6, 6.07) is 4.52. The van der Waals surface area contributed by atoms with Crippen molar-refractivity contribution >= 4 is 0 Å². The van der Waals surface area contributed by atoms with Crippen molar-refractivity contribution in [2.75, 3.05) is 19.8 Å². The molecule has 0 amide bonds. The van der Waals surface area contributed by atoms with E-state index in [1.165, 1.54) is 18.4 Å². The van der Waals surface area contributed by atoms with Crippen LogP contribution in [0.25, 0.3) is 0 Å². The first-order chi connectivity index (χ1) is 7.86. The van der Waals surface area contributed by atoms with Crippen molar-refractivity contribution in [3.8, 4) is 0 Å². The van der Waals surface area contributed by atoms with E-state index in [0.717, 1.165) is 19.8 Å². The zero-order chi connectivity index (χ0) is 11.2. The van der Waals surface area contributed by atoms with Gasteiger partial charge in [0, 0.05) is 31.6 Å². The summed E-state index contributed by atoms with van der Waals surface area (Å²) >= 11 is 0. The van der Waals surface area contributed by atoms with Crippen LogP contribution in [0.4, 0.5) is 0 Å². The van der Waals surface area contributed by atoms with Gasteiger partial charge in [-0.1, -0.05) is 0 Å². The molecule has 88 valence electrons. The van der Waals surface area contributed by atoms with Crippen LogP contribution in [0.5, 0.6) is 0 Å². The first-order valence-electron chi connectivity index (χ1n) is 6.07. The van der Waals surface area contributed by atoms with Gasteiger partial charge in [-0.05, 0) is 43.4 Å². The second-order valence-corrected chi connectivity index (χ2v) is 4.49. The van der Waals surface area contributed by atoms with E-state index >= 15 is 0 Å². The zero-order valence-corrected chi connectivity index (χ0v) is 9.86. The van der Waals surface area contributed by atoms with E-state index in [1.807, 2.05) is 12.4 Å². The lowest BCUT2D eigenvalue weighted by Gasteiger charge is -2.24. The van der Waals surface area contributed by atoms with E-state index in [1.54, 1.807) is 0 Å². The SMILES string of the molecule is CC(NCC1CCCOC1)c1ccncc1. The van der Waals surface area contributed by atoms with Gasteiger partial charge < -0.3 is 10.1 Å². The molecule has 2 unspecified atom stereocenters. The summed E-state index contributed by atoms with van der Waals surface area (Å²) in [5.74, 6) is 0.679. The summed E-state index contributed by atoms with van der Waals surface area (Å²) in [5, 5.41) is 3.56. The highest BCUT2D eigenvalue weighted by atomic mass is 16.5. The Balaban J connectivity index is 1.77. The highest BCUT2D eigenvalue weighted by molar-refractivity contribution is 5.13. The lowest BCUT2D eigenvalue weighted by molar-refractivity contribution is 0.0540. The third-order valence-electron chi connectivity index (χ3n) is 3.17. The van der Waals surface area contributed by atoms with Crippen molar-refractivity contribution in [3.63, 3.8) is 0 Å². The molecule has 0 radical (unpaired) electrons. The third kappa shape index (κ3) is 3.29. The molecule has 1 N–H and O–H groups in total. The highest BCUT2D eigenvalue weighted by Gasteiger charge is 2.14. The molecule has 1 aromatic rings. The highest BCUT2D eigenvalue weighted by Crippen LogP contribution is 2.15. The van der Waals surface area contributed by atoms with Crippen molar-refractivity contribution in [3.05, 3.63) is 30.1 Å². The maximum atomic E-state index is 5.47. The summed E-state index contributed by atoms with van der Waals surface area (Å²) in [4.78, 5) is 4.03. The average Bonchev–Trinajstić information content (AvgIpc) is 2.38. The fourth-order valence-corrected chi connectivity index (χ4v) is 2.08. The Morgan fingerprint density at radius 3 is 3.00 bits per heavy atom. The molecule has 0 aromatic carbocycles. The van der Waals surface area contributed by atoms with Gasteiger partial charge in [-0.2, -0.15) is 0 Å². The van der Waals surface area contributed by atoms with Gasteiger partial charge in [0.25, 0.3) is 0 Å². The van der Waals surface area contributed by atoms with Crippen molar-refractivity contribution in [2.24, 2.45) is 5.92 Å². The van der Waals surface area contributed by atoms with Gasteiger partial charge in [0.2, 0.25) is 0 Å². The Labute approximate surface area is 97.2 Å². The number of rotatable bonds is 4. The maximum absolute atomic E-state index is 5.47. The topological polar surface area (TPSA) is 34.1 Å². The van der Waals surface area contributed by atoms with Crippen LogP contribution in [0.1, 0.15) is 31.4 Å². The summed E-state index contributed by atoms with van der Waals surface area (Å²) in [6.07, 6.45) is 6.18. The summed E-state index contributed by atoms with van der Waals surface area (Å²) < 4.78 is 5.47. The first-order valence-corrected chi connectivity index (χ1v) is 6.07. The van der Waals surface area contributed by atoms with E-state index in [0.29, 0.717) is 12.0 Å². The normalized spacial score (nSPS) is 22.9. The van der Waals surface area contributed by atoms with E-state index in [4.69, 9.17) is 4.74 Å². The number of hydrogen-bond acceptors (Lipinski definition) is 3. The van der Waals surface area contributed by atoms with Gasteiger partial charge in [0.15, 0.2) is 0 Å². The van der Waals surface area contributed by atoms with Crippen molar-refractivity contribution in [1.29, 1.82) is 0 Å². The van der Waals surface area contributed by atoms with E-state index in [9.17, 15) is 0 Å². The monoisotopic (exact) mass is 220 g/mol. The van der Waals surface area contributed by atoms with Gasteiger partial charge in [-0.15, -0.1) is 0 Å². The predicted octanol–water partition coefficient (Wildman–Crippen LogP) is 2.16. The zero-order valence-electron chi connectivity index (χ0n) is 9.86. The number of hydrogen-bond donors (Lipinski definition) is 1. The molecular formula is C13H20N2O. The van der Waals surface area contributed by atoms with E-state index in [-0.39, 0.29) is 0 Å². The van der Waals surface area contributed by atoms with Gasteiger partial charge in [0.1, 0.15) is 0 Å². The fourth-order valence-electron chi connectivity index (χ4n) is 2.08. The number of pyridine rings is 1. The number of nitrogens with zero attached hydrogens (tertiary/aromatic N) is 1. The average molecular weight is 220 g/mol. The van der Waals surface area contributed by atoms with Crippen LogP contribution in [-0.2, 0) is 4.74 Å². The summed E-state index contributed by atoms with van der Waals surface area (Å²) in [5.41, 5.74) is 1.30. The van der Waals surface area contributed by atoms with Crippen LogP contribution >= 0.6 is 0 Å². The fraction of sp³-hybridized carbons (Fsp3) is 0.615. The van der Waals surface area contributed by atoms with Gasteiger partial charge in [0.05, 0.1) is 6.61 Å². The molecule has 1 aliphatic heterocycles. The largest absolute Gasteiger partial charge is 0.381 e. The Hall–Kier alpha value is -0.930. The molecule has 0 spiro atoms. The Morgan fingerprint density at radius 2 is 2.31 bits per heavy atom. The number of ether oxygens (including phenoxy) is 1. The standard InChI is InChI=1S/C13H20N2O/c1-11(13-4-6-14-7-5-13)15-9-12-3-2-8-16-10-12/h4-7,11-12,15H,2-3,8-10H2,1H3. The number of aromatic nitrogens is 1. The molecule has 1 fully saturated rings. The Bertz CT molecular complexity index is 296. The van der Waals surface area contributed by atoms with Gasteiger partial charge >= 0.3 is 0 Å². The molecule has 0 aliphatic carbocycles. The van der Waals surface area contributed by atoms with E-state index < -0.39 is 0 Å². The van der Waals surface area contributed by atoms with Crippen LogP contribution in [0.2, 0.25) is 0 Å². The second-order valence-electron chi connectivity index (χ2n) is 4.49. The first kappa shape index (κ1) is 11.6. The van der Waals surface area contributed by atoms with Gasteiger partial charge in [-0.25, -0.2) is 0 Å². The molecular weight excluding hydrogens is 200 g/mol. The smallest absolute Gasteiger partial charge is 0.0506 e. The lowest BCUT2D eigenvalue weighted by atomic mass is 10.0. The Kier molecular flexibility index (Phi) is 4.31. The van der Waals surface area contributed by atoms with Crippen LogP contribution in [0.15, 0.2) is 24.5 Å². The molecule has 2 atom stereocenters. The lowest BCUT2D eigenvalue weighted by Crippen LogP contribution is -2.30. The van der Waals surface area contributed by atoms with Gasteiger partial charge in [-0.3, -0.25) is 4.98 Å². The molecule has 0 saturated carbocycles. The summed E-state index contributed by atoms with van der Waals surface area (Å²) in [6.45, 7) is 5.09. The minimum atomic E-state index is 0.393. The predicted molar refractivity (Wildman–Crippen MR) is 64.2 cm³/mol. The third-order valence-corrected chi connectivity index (χ3v) is 3.17. The molecule has 1 saturated heterocycles. The molecule has 0 bridgehead atoms. The Morgan fingerprint density at radius 1 is 1.50 bits per heavy atom. The summed E-state index contributed by atoms with van der Waals surface area (Å²) in [7, 11) is 0. The molecule has 3 nitrogen and oxygen atoms in total. The quantitative estimate of drug-likeness (QED) is 0.844. The molecule has 2 heterocycles. The number of nitrogens with one attached hydrogen (secondary N) is 1. The molecule has 2 rings (SSSR count). The second kappa shape index (κ2) is 5.97. The molecule has 1 aliphatic rings. The van der Waals surface area contributed by atoms with Crippen LogP contribution in [-0.4, -0.2) is 24.7 Å². The van der Waals surface area contributed by atoms with E-state index in [2.05, 4.69) is 29.4 Å².